The fourth-order valence-corrected chi connectivity index (χ4v) is 4.64. The lowest BCUT2D eigenvalue weighted by Crippen LogP contribution is -2.47. The Hall–Kier alpha value is -2.75. The number of rotatable bonds is 7. The molecule has 2 aromatic rings. The van der Waals surface area contributed by atoms with Gasteiger partial charge in [-0.25, -0.2) is 0 Å². The van der Waals surface area contributed by atoms with Gasteiger partial charge in [-0.05, 0) is 60.9 Å². The molecule has 0 radical (unpaired) electrons. The summed E-state index contributed by atoms with van der Waals surface area (Å²) in [6.07, 6.45) is -0.669. The molecule has 0 bridgehead atoms. The lowest BCUT2D eigenvalue weighted by atomic mass is 9.84. The number of benzene rings is 1. The Labute approximate surface area is 188 Å². The molecule has 32 heavy (non-hydrogen) atoms. The zero-order valence-corrected chi connectivity index (χ0v) is 18.5. The Bertz CT molecular complexity index is 961. The predicted octanol–water partition coefficient (Wildman–Crippen LogP) is 4.17. The first-order valence-electron chi connectivity index (χ1n) is 10.5. The van der Waals surface area contributed by atoms with Crippen molar-refractivity contribution in [2.24, 2.45) is 5.92 Å². The molecule has 1 aliphatic carbocycles. The van der Waals surface area contributed by atoms with Crippen LogP contribution in [-0.2, 0) is 11.0 Å². The van der Waals surface area contributed by atoms with E-state index >= 15 is 0 Å². The molecule has 0 aliphatic heterocycles. The lowest BCUT2D eigenvalue weighted by molar-refractivity contribution is -0.137. The van der Waals surface area contributed by atoms with Crippen molar-refractivity contribution in [1.82, 2.24) is 10.6 Å². The number of anilines is 2. The smallest absolute Gasteiger partial charge is 0.398 e. The highest BCUT2D eigenvalue weighted by atomic mass is 32.1. The summed E-state index contributed by atoms with van der Waals surface area (Å²) in [5.74, 6) is -0.948. The molecule has 5 N–H and O–H groups in total. The number of thiophene rings is 1. The van der Waals surface area contributed by atoms with Crippen LogP contribution < -0.4 is 21.7 Å². The summed E-state index contributed by atoms with van der Waals surface area (Å²) in [4.78, 5) is 24.7. The second-order valence-electron chi connectivity index (χ2n) is 8.07. The zero-order valence-electron chi connectivity index (χ0n) is 17.7. The topological polar surface area (TPSA) is 96.2 Å². The lowest BCUT2D eigenvalue weighted by Gasteiger charge is -2.32. The van der Waals surface area contributed by atoms with Crippen LogP contribution in [0.25, 0.3) is 0 Å². The Morgan fingerprint density at radius 2 is 1.94 bits per heavy atom. The second kappa shape index (κ2) is 10.2. The summed E-state index contributed by atoms with van der Waals surface area (Å²) in [6.45, 7) is 2.43. The van der Waals surface area contributed by atoms with Crippen LogP contribution in [0.15, 0.2) is 29.6 Å². The molecule has 1 aliphatic rings. The molecule has 1 aromatic heterocycles. The first kappa shape index (κ1) is 23.9. The van der Waals surface area contributed by atoms with Crippen molar-refractivity contribution < 1.29 is 22.8 Å². The Balaban J connectivity index is 1.53. The highest BCUT2D eigenvalue weighted by molar-refractivity contribution is 7.14. The van der Waals surface area contributed by atoms with Crippen molar-refractivity contribution in [3.63, 3.8) is 0 Å². The SMILES string of the molecule is Cc1csc(NCC2CCCCC2NC(=O)CNC(=O)c2cc(C(F)(F)F)ccc2N)c1. The average Bonchev–Trinajstić information content (AvgIpc) is 3.16. The van der Waals surface area contributed by atoms with Crippen LogP contribution in [0.4, 0.5) is 23.9 Å². The number of carbonyl (C=O) groups is 2. The van der Waals surface area contributed by atoms with Gasteiger partial charge in [-0.15, -0.1) is 11.3 Å². The molecule has 1 saturated carbocycles. The third kappa shape index (κ3) is 6.38. The van der Waals surface area contributed by atoms with E-state index < -0.39 is 17.6 Å². The van der Waals surface area contributed by atoms with Gasteiger partial charge in [-0.1, -0.05) is 12.8 Å². The molecule has 1 aromatic carbocycles. The second-order valence-corrected chi connectivity index (χ2v) is 8.98. The third-order valence-corrected chi connectivity index (χ3v) is 6.57. The minimum absolute atomic E-state index is 0.0275. The van der Waals surface area contributed by atoms with Crippen molar-refractivity contribution in [1.29, 1.82) is 0 Å². The highest BCUT2D eigenvalue weighted by Gasteiger charge is 2.32. The van der Waals surface area contributed by atoms with Crippen molar-refractivity contribution in [2.75, 3.05) is 24.1 Å². The van der Waals surface area contributed by atoms with Gasteiger partial charge in [0, 0.05) is 18.3 Å². The maximum absolute atomic E-state index is 12.9. The van der Waals surface area contributed by atoms with Crippen LogP contribution in [0.1, 0.15) is 47.2 Å². The molecule has 1 heterocycles. The summed E-state index contributed by atoms with van der Waals surface area (Å²) in [7, 11) is 0. The number of nitrogens with one attached hydrogen (secondary N) is 3. The summed E-state index contributed by atoms with van der Waals surface area (Å²) in [5, 5.41) is 11.9. The first-order chi connectivity index (χ1) is 15.1. The number of hydrogen-bond donors (Lipinski definition) is 4. The molecule has 2 atom stereocenters. The molecule has 6 nitrogen and oxygen atoms in total. The van der Waals surface area contributed by atoms with Crippen molar-refractivity contribution in [3.8, 4) is 0 Å². The monoisotopic (exact) mass is 468 g/mol. The van der Waals surface area contributed by atoms with Crippen molar-refractivity contribution in [3.05, 3.63) is 46.3 Å². The third-order valence-electron chi connectivity index (χ3n) is 5.56. The van der Waals surface area contributed by atoms with Gasteiger partial charge in [0.25, 0.3) is 5.91 Å². The van der Waals surface area contributed by atoms with Crippen LogP contribution in [0.2, 0.25) is 0 Å². The van der Waals surface area contributed by atoms with Gasteiger partial charge in [-0.3, -0.25) is 9.59 Å². The molecule has 3 rings (SSSR count). The summed E-state index contributed by atoms with van der Waals surface area (Å²) < 4.78 is 38.7. The summed E-state index contributed by atoms with van der Waals surface area (Å²) >= 11 is 1.64. The molecular weight excluding hydrogens is 441 g/mol. The van der Waals surface area contributed by atoms with E-state index in [0.29, 0.717) is 6.07 Å². The molecule has 0 saturated heterocycles. The van der Waals surface area contributed by atoms with E-state index in [1.807, 2.05) is 6.92 Å². The number of nitrogens with two attached hydrogens (primary N) is 1. The minimum atomic E-state index is -4.59. The molecule has 0 spiro atoms. The van der Waals surface area contributed by atoms with Gasteiger partial charge in [0.05, 0.1) is 22.7 Å². The fourth-order valence-electron chi connectivity index (χ4n) is 3.84. The number of aryl methyl sites for hydroxylation is 1. The van der Waals surface area contributed by atoms with Gasteiger partial charge in [0.15, 0.2) is 0 Å². The number of hydrogen-bond acceptors (Lipinski definition) is 5. The highest BCUT2D eigenvalue weighted by Crippen LogP contribution is 2.31. The van der Waals surface area contributed by atoms with E-state index in [0.717, 1.165) is 49.4 Å². The number of alkyl halides is 3. The summed E-state index contributed by atoms with van der Waals surface area (Å²) in [5.41, 5.74) is 5.49. The minimum Gasteiger partial charge on any atom is -0.398 e. The van der Waals surface area contributed by atoms with E-state index in [1.54, 1.807) is 11.3 Å². The van der Waals surface area contributed by atoms with Crippen LogP contribution in [0, 0.1) is 12.8 Å². The maximum Gasteiger partial charge on any atom is 0.416 e. The van der Waals surface area contributed by atoms with Crippen LogP contribution in [0.3, 0.4) is 0 Å². The van der Waals surface area contributed by atoms with Crippen molar-refractivity contribution in [2.45, 2.75) is 44.8 Å². The normalized spacial score (nSPS) is 18.8. The molecular formula is C22H27F3N4O2S. The van der Waals surface area contributed by atoms with E-state index in [-0.39, 0.29) is 35.7 Å². The van der Waals surface area contributed by atoms with E-state index in [1.165, 1.54) is 5.56 Å². The number of halogens is 3. The largest absolute Gasteiger partial charge is 0.416 e. The van der Waals surface area contributed by atoms with Gasteiger partial charge in [0.1, 0.15) is 0 Å². The summed E-state index contributed by atoms with van der Waals surface area (Å²) in [6, 6.07) is 4.59. The first-order valence-corrected chi connectivity index (χ1v) is 11.3. The quantitative estimate of drug-likeness (QED) is 0.459. The number of carbonyl (C=O) groups excluding carboxylic acids is 2. The number of nitrogen functional groups attached to an aromatic ring is 1. The Morgan fingerprint density at radius 1 is 1.19 bits per heavy atom. The van der Waals surface area contributed by atoms with Crippen LogP contribution in [0.5, 0.6) is 0 Å². The maximum atomic E-state index is 12.9. The molecule has 1 fully saturated rings. The van der Waals surface area contributed by atoms with Crippen LogP contribution in [-0.4, -0.2) is 30.9 Å². The predicted molar refractivity (Wildman–Crippen MR) is 120 cm³/mol. The van der Waals surface area contributed by atoms with Gasteiger partial charge >= 0.3 is 6.18 Å². The Morgan fingerprint density at radius 3 is 2.62 bits per heavy atom. The van der Waals surface area contributed by atoms with Gasteiger partial charge in [-0.2, -0.15) is 13.2 Å². The van der Waals surface area contributed by atoms with Gasteiger partial charge in [0.2, 0.25) is 5.91 Å². The number of amides is 2. The van der Waals surface area contributed by atoms with E-state index in [4.69, 9.17) is 5.73 Å². The molecule has 174 valence electrons. The zero-order chi connectivity index (χ0) is 23.3. The molecule has 2 amide bonds. The molecule has 2 unspecified atom stereocenters. The standard InChI is InChI=1S/C22H27F3N4O2S/c1-13-8-20(32-12-13)27-10-14-4-2-3-5-18(14)29-19(30)11-28-21(31)16-9-15(22(23,24)25)6-7-17(16)26/h6-9,12,14,18,27H,2-5,10-11,26H2,1H3,(H,28,31)(H,29,30). The average molecular weight is 469 g/mol. The molecule has 10 heteroatoms. The van der Waals surface area contributed by atoms with E-state index in [9.17, 15) is 22.8 Å². The fraction of sp³-hybridized carbons (Fsp3) is 0.455. The van der Waals surface area contributed by atoms with Gasteiger partial charge < -0.3 is 21.7 Å². The van der Waals surface area contributed by atoms with Crippen LogP contribution >= 0.6 is 11.3 Å². The van der Waals surface area contributed by atoms with Crippen molar-refractivity contribution >= 4 is 33.8 Å². The van der Waals surface area contributed by atoms with E-state index in [2.05, 4.69) is 27.4 Å². The Kier molecular flexibility index (Phi) is 7.65.